The highest BCUT2D eigenvalue weighted by Crippen LogP contribution is 2.20. The van der Waals surface area contributed by atoms with Crippen LogP contribution in [0.2, 0.25) is 0 Å². The van der Waals surface area contributed by atoms with Crippen molar-refractivity contribution in [3.8, 4) is 0 Å². The fourth-order valence-corrected chi connectivity index (χ4v) is 6.94. The molecule has 0 aliphatic rings. The molecule has 1 rings (SSSR count). The molecule has 29 heteroatoms. The molecule has 0 bridgehead atoms. The van der Waals surface area contributed by atoms with Crippen molar-refractivity contribution in [2.24, 2.45) is 0 Å². The number of hydrogen-bond donors (Lipinski definition) is 0. The number of unbranched alkanes of at least 4 members (excludes halogenated alkanes) is 10. The molecular formula is C83H118O29. The van der Waals surface area contributed by atoms with Gasteiger partial charge in [0.05, 0.1) is 0 Å². The number of carbonyl (C=O) groups is 13. The zero-order valence-electron chi connectivity index (χ0n) is 65.0. The fraction of sp³-hybridized carbons (Fsp3) is 0.434. The average molecular weight is 1580 g/mol. The lowest BCUT2D eigenvalue weighted by atomic mass is 9.99. The van der Waals surface area contributed by atoms with Crippen LogP contribution in [0.5, 0.6) is 0 Å². The van der Waals surface area contributed by atoms with E-state index in [0.717, 1.165) is 70.6 Å². The molecule has 0 unspecified atom stereocenters. The first kappa shape index (κ1) is 111. The number of esters is 10. The summed E-state index contributed by atoms with van der Waals surface area (Å²) in [6.45, 7) is 49.5. The second kappa shape index (κ2) is 89.9. The lowest BCUT2D eigenvalue weighted by Crippen LogP contribution is -2.26. The molecule has 1 aromatic rings. The fourth-order valence-electron chi connectivity index (χ4n) is 6.94. The van der Waals surface area contributed by atoms with Gasteiger partial charge in [-0.05, 0) is 44.1 Å². The van der Waals surface area contributed by atoms with E-state index in [0.29, 0.717) is 70.1 Å². The third kappa shape index (κ3) is 88.9. The summed E-state index contributed by atoms with van der Waals surface area (Å²) in [5.74, 6) is -4.68. The maximum absolute atomic E-state index is 11.9. The summed E-state index contributed by atoms with van der Waals surface area (Å²) in [6, 6.07) is 8.63. The van der Waals surface area contributed by atoms with Crippen LogP contribution in [0.1, 0.15) is 133 Å². The Balaban J connectivity index is -0.000000295. The van der Waals surface area contributed by atoms with Gasteiger partial charge in [0.1, 0.15) is 106 Å². The van der Waals surface area contributed by atoms with Crippen molar-refractivity contribution in [2.45, 2.75) is 128 Å². The molecule has 0 radical (unpaired) electrons. The molecule has 0 aliphatic heterocycles. The molecule has 0 saturated heterocycles. The highest BCUT2D eigenvalue weighted by atomic mass is 16.8. The highest BCUT2D eigenvalue weighted by Gasteiger charge is 2.31. The number of rotatable bonds is 57. The molecule has 0 heterocycles. The van der Waals surface area contributed by atoms with Gasteiger partial charge < -0.3 is 75.8 Å². The molecule has 0 spiro atoms. The zero-order chi connectivity index (χ0) is 85.2. The van der Waals surface area contributed by atoms with Crippen LogP contribution in [0, 0.1) is 0 Å². The molecule has 0 N–H and O–H groups in total. The Morgan fingerprint density at radius 1 is 0.232 bits per heavy atom. The van der Waals surface area contributed by atoms with Gasteiger partial charge in [-0.3, -0.25) is 38.4 Å². The van der Waals surface area contributed by atoms with E-state index < -0.39 is 48.3 Å². The molecular weight excluding hydrogens is 1460 g/mol. The second-order valence-corrected chi connectivity index (χ2v) is 21.3. The van der Waals surface area contributed by atoms with E-state index in [1.807, 2.05) is 0 Å². The summed E-state index contributed by atoms with van der Waals surface area (Å²) in [5, 5.41) is 0. The third-order valence-corrected chi connectivity index (χ3v) is 11.9. The van der Waals surface area contributed by atoms with Gasteiger partial charge in [0, 0.05) is 38.5 Å². The van der Waals surface area contributed by atoms with Crippen LogP contribution in [-0.2, 0) is 124 Å². The first-order chi connectivity index (χ1) is 54.0. The lowest BCUT2D eigenvalue weighted by molar-refractivity contribution is -0.157. The minimum Gasteiger partial charge on any atom is -0.461 e. The molecule has 29 nitrogen and oxygen atoms in total. The summed E-state index contributed by atoms with van der Waals surface area (Å²) in [6.07, 6.45) is 32.0. The van der Waals surface area contributed by atoms with E-state index in [4.69, 9.17) is 42.6 Å². The van der Waals surface area contributed by atoms with Crippen molar-refractivity contribution in [1.29, 1.82) is 0 Å². The minimum atomic E-state index is -1.12. The smallest absolute Gasteiger partial charge is 0.461 e. The van der Waals surface area contributed by atoms with Crippen molar-refractivity contribution < 1.29 is 138 Å². The van der Waals surface area contributed by atoms with Gasteiger partial charge in [0.2, 0.25) is 0 Å². The van der Waals surface area contributed by atoms with Gasteiger partial charge >= 0.3 is 78.2 Å². The Kier molecular flexibility index (Phi) is 89.2. The molecule has 624 valence electrons. The highest BCUT2D eigenvalue weighted by molar-refractivity contribution is 6.01. The van der Waals surface area contributed by atoms with Gasteiger partial charge in [-0.2, -0.15) is 0 Å². The Bertz CT molecular complexity index is 2740. The average Bonchev–Trinajstić information content (AvgIpc) is 0.849. The molecule has 0 aliphatic carbocycles. The van der Waals surface area contributed by atoms with Gasteiger partial charge in [-0.1, -0.05) is 252 Å². The van der Waals surface area contributed by atoms with E-state index in [1.54, 1.807) is 54.6 Å². The Morgan fingerprint density at radius 2 is 0.420 bits per heavy atom. The summed E-state index contributed by atoms with van der Waals surface area (Å²) < 4.78 is 74.5. The number of ether oxygens (including phenoxy) is 16. The van der Waals surface area contributed by atoms with Gasteiger partial charge in [0.25, 0.3) is 0 Å². The third-order valence-electron chi connectivity index (χ3n) is 11.9. The van der Waals surface area contributed by atoms with Gasteiger partial charge in [-0.15, -0.1) is 0 Å². The van der Waals surface area contributed by atoms with Crippen LogP contribution < -0.4 is 0 Å². The van der Waals surface area contributed by atoms with Crippen LogP contribution in [-0.4, -0.2) is 184 Å². The predicted molar refractivity (Wildman–Crippen MR) is 421 cm³/mol. The molecule has 0 amide bonds. The quantitative estimate of drug-likeness (QED) is 0.0192. The summed E-state index contributed by atoms with van der Waals surface area (Å²) in [7, 11) is 0. The van der Waals surface area contributed by atoms with Crippen molar-refractivity contribution in [3.05, 3.63) is 213 Å². The molecule has 112 heavy (non-hydrogen) atoms. The normalized spacial score (nSPS) is 9.26. The van der Waals surface area contributed by atoms with E-state index in [9.17, 15) is 62.3 Å². The van der Waals surface area contributed by atoms with Gasteiger partial charge in [-0.25, -0.2) is 24.0 Å². The van der Waals surface area contributed by atoms with E-state index in [2.05, 4.69) is 125 Å². The Morgan fingerprint density at radius 3 is 0.652 bits per heavy atom. The Hall–Kier alpha value is -11.8. The topological polar surface area (TPSA) is 370 Å². The van der Waals surface area contributed by atoms with Crippen molar-refractivity contribution in [2.75, 3.05) is 106 Å². The maximum atomic E-state index is 11.9. The standard InChI is InChI=1S/C16H26O4.C15H16O4.C15H24O4.C12H18O4.C10H14O5.C8H10O5.C7H10O3/c1-3-13-19-15(17)11-9-7-5-6-8-10-12-16(18)20-14-4-2;1-3-10-18-14(16)13(15(17)19-11-4-2)12-8-6-5-7-9-12;1-3-12-18-14(16)10-8-6-5-7-9-11-15(17)19-13-4-2;1-3-9-15-11(13)7-5-6-8-12(14)16-10-4-2;1-3-5-14-9(11)7-13-8-10(12)15-6-4-2;1-3-5-11-7(9)13-8(10)12-6-4-2;1-3-5-9-7(8)10-6-4-2/h3-4H,1-2,5-14H2;3-9,13H,1-2,10-11H2;3-4H,1-2,5-13H2;3-4H,1-2,5-10H2;3-4H,1-2,5-8H2;3-4H,1-2,5-6H2;3-4H,1-2,5-6H2. The first-order valence-electron chi connectivity index (χ1n) is 35.6. The summed E-state index contributed by atoms with van der Waals surface area (Å²) in [4.78, 5) is 144. The number of benzene rings is 1. The predicted octanol–water partition coefficient (Wildman–Crippen LogP) is 14.6. The van der Waals surface area contributed by atoms with E-state index in [-0.39, 0.29) is 128 Å². The van der Waals surface area contributed by atoms with Crippen LogP contribution in [0.15, 0.2) is 208 Å². The first-order valence-corrected chi connectivity index (χ1v) is 35.6. The monoisotopic (exact) mass is 1580 g/mol. The van der Waals surface area contributed by atoms with Crippen LogP contribution in [0.25, 0.3) is 0 Å². The van der Waals surface area contributed by atoms with Crippen molar-refractivity contribution >= 4 is 78.2 Å². The molecule has 0 aromatic heterocycles. The second-order valence-electron chi connectivity index (χ2n) is 21.3. The van der Waals surface area contributed by atoms with E-state index in [1.165, 1.54) is 60.8 Å². The summed E-state index contributed by atoms with van der Waals surface area (Å²) >= 11 is 0. The largest absolute Gasteiger partial charge is 0.518 e. The van der Waals surface area contributed by atoms with Crippen LogP contribution in [0.3, 0.4) is 0 Å². The van der Waals surface area contributed by atoms with E-state index >= 15 is 0 Å². The SMILES string of the molecule is C=CCOC(=O)C(C(=O)OCC=C)c1ccccc1.C=CCOC(=O)CCCCC(=O)OCC=C.C=CCOC(=O)CCCCCCCC(=O)OCC=C.C=CCOC(=O)CCCCCCCCC(=O)OCC=C.C=CCOC(=O)COCC(=O)OCC=C.C=CCOC(=O)OC(=O)OCC=C.C=CCOC(=O)OCC=C. The number of hydrogen-bond acceptors (Lipinski definition) is 29. The number of carbonyl (C=O) groups excluding carboxylic acids is 13. The Labute approximate surface area is 660 Å². The minimum absolute atomic E-state index is 0.0203. The molecule has 0 saturated carbocycles. The zero-order valence-corrected chi connectivity index (χ0v) is 65.0. The van der Waals surface area contributed by atoms with Crippen LogP contribution >= 0.6 is 0 Å². The summed E-state index contributed by atoms with van der Waals surface area (Å²) in [5.41, 5.74) is 0.533. The van der Waals surface area contributed by atoms with Gasteiger partial charge in [0.15, 0.2) is 5.92 Å². The molecule has 1 aromatic carbocycles. The molecule has 0 fully saturated rings. The lowest BCUT2D eigenvalue weighted by Gasteiger charge is -2.14. The van der Waals surface area contributed by atoms with Crippen LogP contribution in [0.4, 0.5) is 14.4 Å². The molecule has 0 atom stereocenters. The maximum Gasteiger partial charge on any atom is 0.518 e. The van der Waals surface area contributed by atoms with Crippen molar-refractivity contribution in [3.63, 3.8) is 0 Å². The van der Waals surface area contributed by atoms with Crippen molar-refractivity contribution in [1.82, 2.24) is 0 Å².